The summed E-state index contributed by atoms with van der Waals surface area (Å²) in [6.45, 7) is 6.80. The smallest absolute Gasteiger partial charge is 0.291 e. The molecule has 1 aromatic heterocycles. The number of hydrogen-bond acceptors (Lipinski definition) is 6. The number of fused-ring (bicyclic) bond motifs is 5. The fourth-order valence-electron chi connectivity index (χ4n) is 9.46. The van der Waals surface area contributed by atoms with Gasteiger partial charge in [0.2, 0.25) is 0 Å². The van der Waals surface area contributed by atoms with Crippen molar-refractivity contribution in [3.05, 3.63) is 62.4 Å². The average Bonchev–Trinajstić information content (AvgIpc) is 3.33. The third kappa shape index (κ3) is 4.24. The van der Waals surface area contributed by atoms with Crippen LogP contribution in [0.3, 0.4) is 0 Å². The predicted molar refractivity (Wildman–Crippen MR) is 165 cm³/mol. The third-order valence-electron chi connectivity index (χ3n) is 11.6. The SMILES string of the molecule is C/C(=N\n1c(N)c(C#N)c(-c2ccc(Cl)cc2)c(C#N)c1=O)[C@H]1CC[C@H]2[C@@H]3CC=C4C[C@@H](O)CC[C@]4(C)[C@H]3CC[C@]12C. The first kappa shape index (κ1) is 28.7. The Morgan fingerprint density at radius 2 is 1.79 bits per heavy atom. The Morgan fingerprint density at radius 1 is 1.07 bits per heavy atom. The van der Waals surface area contributed by atoms with Crippen LogP contribution in [0.5, 0.6) is 0 Å². The number of nitriles is 2. The highest BCUT2D eigenvalue weighted by atomic mass is 35.5. The van der Waals surface area contributed by atoms with Gasteiger partial charge in [0.05, 0.1) is 6.10 Å². The van der Waals surface area contributed by atoms with Crippen molar-refractivity contribution >= 4 is 23.1 Å². The Labute approximate surface area is 252 Å². The van der Waals surface area contributed by atoms with Crippen molar-refractivity contribution in [3.63, 3.8) is 0 Å². The van der Waals surface area contributed by atoms with Gasteiger partial charge in [-0.2, -0.15) is 20.3 Å². The van der Waals surface area contributed by atoms with E-state index in [1.807, 2.05) is 13.0 Å². The minimum atomic E-state index is -0.626. The molecule has 1 aromatic carbocycles. The Balaban J connectivity index is 1.36. The normalized spacial score (nSPS) is 33.9. The molecule has 6 rings (SSSR count). The van der Waals surface area contributed by atoms with Crippen molar-refractivity contribution in [1.29, 1.82) is 10.5 Å². The lowest BCUT2D eigenvalue weighted by molar-refractivity contribution is -0.0423. The fourth-order valence-corrected chi connectivity index (χ4v) is 9.58. The maximum absolute atomic E-state index is 13.6. The van der Waals surface area contributed by atoms with Gasteiger partial charge in [0.1, 0.15) is 29.1 Å². The van der Waals surface area contributed by atoms with Crippen molar-refractivity contribution < 1.29 is 5.11 Å². The molecule has 0 bridgehead atoms. The molecule has 0 aliphatic heterocycles. The largest absolute Gasteiger partial charge is 0.393 e. The highest BCUT2D eigenvalue weighted by Gasteiger charge is 2.59. The van der Waals surface area contributed by atoms with Crippen LogP contribution < -0.4 is 11.3 Å². The maximum atomic E-state index is 13.6. The number of aliphatic hydroxyl groups excluding tert-OH is 1. The molecule has 7 atom stereocenters. The lowest BCUT2D eigenvalue weighted by atomic mass is 9.47. The molecular formula is C34H38ClN5O2. The van der Waals surface area contributed by atoms with Gasteiger partial charge in [-0.1, -0.05) is 49.2 Å². The zero-order chi connectivity index (χ0) is 30.0. The van der Waals surface area contributed by atoms with E-state index in [4.69, 9.17) is 22.4 Å². The van der Waals surface area contributed by atoms with Crippen LogP contribution in [0.15, 0.2) is 45.8 Å². The average molecular weight is 584 g/mol. The molecule has 8 heteroatoms. The van der Waals surface area contributed by atoms with Gasteiger partial charge in [-0.05, 0) is 105 Å². The molecule has 0 saturated heterocycles. The molecule has 218 valence electrons. The summed E-state index contributed by atoms with van der Waals surface area (Å²) in [6.07, 6.45) is 10.4. The van der Waals surface area contributed by atoms with Crippen LogP contribution in [0.2, 0.25) is 5.02 Å². The minimum Gasteiger partial charge on any atom is -0.393 e. The first-order valence-electron chi connectivity index (χ1n) is 15.1. The van der Waals surface area contributed by atoms with Gasteiger partial charge in [-0.3, -0.25) is 4.79 Å². The number of nitrogen functional groups attached to an aromatic ring is 1. The summed E-state index contributed by atoms with van der Waals surface area (Å²) in [4.78, 5) is 13.6. The minimum absolute atomic E-state index is 0.0440. The number of aromatic nitrogens is 1. The number of nitrogens with two attached hydrogens (primary N) is 1. The number of halogens is 1. The summed E-state index contributed by atoms with van der Waals surface area (Å²) < 4.78 is 1.07. The molecule has 0 spiro atoms. The second-order valence-corrected chi connectivity index (χ2v) is 13.9. The van der Waals surface area contributed by atoms with Gasteiger partial charge in [-0.25, -0.2) is 0 Å². The van der Waals surface area contributed by atoms with E-state index in [-0.39, 0.29) is 45.4 Å². The van der Waals surface area contributed by atoms with Crippen LogP contribution >= 0.6 is 11.6 Å². The Bertz CT molecular complexity index is 1640. The van der Waals surface area contributed by atoms with Gasteiger partial charge < -0.3 is 10.8 Å². The molecule has 7 nitrogen and oxygen atoms in total. The number of pyridine rings is 1. The van der Waals surface area contributed by atoms with Crippen molar-refractivity contribution in [2.45, 2.75) is 78.2 Å². The molecule has 0 unspecified atom stereocenters. The van der Waals surface area contributed by atoms with E-state index in [1.165, 1.54) is 5.57 Å². The number of benzene rings is 1. The Morgan fingerprint density at radius 3 is 2.48 bits per heavy atom. The second-order valence-electron chi connectivity index (χ2n) is 13.4. The third-order valence-corrected chi connectivity index (χ3v) is 11.8. The van der Waals surface area contributed by atoms with Crippen LogP contribution in [0, 0.1) is 57.2 Å². The van der Waals surface area contributed by atoms with Gasteiger partial charge >= 0.3 is 0 Å². The van der Waals surface area contributed by atoms with E-state index in [9.17, 15) is 20.4 Å². The molecule has 3 saturated carbocycles. The molecular weight excluding hydrogens is 546 g/mol. The van der Waals surface area contributed by atoms with E-state index in [0.717, 1.165) is 61.8 Å². The van der Waals surface area contributed by atoms with Gasteiger partial charge in [0, 0.05) is 22.2 Å². The zero-order valence-corrected chi connectivity index (χ0v) is 25.3. The van der Waals surface area contributed by atoms with E-state index in [1.54, 1.807) is 24.3 Å². The number of nitrogens with zero attached hydrogens (tertiary/aromatic N) is 4. The van der Waals surface area contributed by atoms with Crippen molar-refractivity contribution in [1.82, 2.24) is 4.68 Å². The highest BCUT2D eigenvalue weighted by Crippen LogP contribution is 2.66. The summed E-state index contributed by atoms with van der Waals surface area (Å²) >= 11 is 6.04. The fraction of sp³-hybridized carbons (Fsp3) is 0.529. The van der Waals surface area contributed by atoms with Crippen LogP contribution in [0.25, 0.3) is 11.1 Å². The van der Waals surface area contributed by atoms with Crippen LogP contribution in [0.4, 0.5) is 5.82 Å². The lowest BCUT2D eigenvalue weighted by Gasteiger charge is -2.58. The summed E-state index contributed by atoms with van der Waals surface area (Å²) in [5.41, 5.74) is 8.96. The van der Waals surface area contributed by atoms with E-state index in [0.29, 0.717) is 28.3 Å². The highest BCUT2D eigenvalue weighted by molar-refractivity contribution is 6.30. The monoisotopic (exact) mass is 583 g/mol. The quantitative estimate of drug-likeness (QED) is 0.308. The molecule has 1 heterocycles. The summed E-state index contributed by atoms with van der Waals surface area (Å²) in [5.74, 6) is 1.90. The topological polar surface area (TPSA) is 128 Å². The molecule has 4 aliphatic rings. The summed E-state index contributed by atoms with van der Waals surface area (Å²) in [6, 6.07) is 10.8. The van der Waals surface area contributed by atoms with Gasteiger partial charge in [0.25, 0.3) is 5.56 Å². The number of rotatable bonds is 3. The molecule has 2 aromatic rings. The summed E-state index contributed by atoms with van der Waals surface area (Å²) in [5, 5.41) is 35.7. The Kier molecular flexibility index (Phi) is 7.11. The molecule has 0 radical (unpaired) electrons. The molecule has 0 amide bonds. The molecule has 42 heavy (non-hydrogen) atoms. The van der Waals surface area contributed by atoms with Gasteiger partial charge in [-0.15, -0.1) is 0 Å². The van der Waals surface area contributed by atoms with E-state index < -0.39 is 5.56 Å². The predicted octanol–water partition coefficient (Wildman–Crippen LogP) is 6.66. The molecule has 3 fully saturated rings. The first-order valence-corrected chi connectivity index (χ1v) is 15.5. The lowest BCUT2D eigenvalue weighted by Crippen LogP contribution is -2.51. The second kappa shape index (κ2) is 10.4. The van der Waals surface area contributed by atoms with Gasteiger partial charge in [0.15, 0.2) is 0 Å². The number of allylic oxidation sites excluding steroid dienone is 1. The van der Waals surface area contributed by atoms with E-state index in [2.05, 4.69) is 26.0 Å². The molecule has 3 N–H and O–H groups in total. The molecule has 4 aliphatic carbocycles. The maximum Gasteiger partial charge on any atom is 0.291 e. The number of anilines is 1. The van der Waals surface area contributed by atoms with Crippen LogP contribution in [-0.2, 0) is 0 Å². The summed E-state index contributed by atoms with van der Waals surface area (Å²) in [7, 11) is 0. The van der Waals surface area contributed by atoms with Crippen LogP contribution in [0.1, 0.15) is 83.3 Å². The standard InChI is InChI=1S/C34H38ClN5O2/c1-19(39-40-31(38)25(17-36)30(26(18-37)32(40)42)20-4-7-22(35)8-5-20)27-10-11-28-24-9-6-21-16-23(41)12-14-33(21,2)29(24)13-15-34(27,28)3/h4-8,23-24,27-29,41H,9-16,38H2,1-3H3/b39-19+/t23-,24-,27+,28-,29-,33-,34+/m0/s1. The Hall–Kier alpha value is -3.39. The number of hydrogen-bond donors (Lipinski definition) is 2. The zero-order valence-electron chi connectivity index (χ0n) is 24.5. The van der Waals surface area contributed by atoms with Crippen molar-refractivity contribution in [2.24, 2.45) is 39.6 Å². The number of aliphatic hydroxyl groups is 1. The van der Waals surface area contributed by atoms with Crippen molar-refractivity contribution in [3.8, 4) is 23.3 Å². The van der Waals surface area contributed by atoms with E-state index >= 15 is 0 Å². The first-order chi connectivity index (χ1) is 20.0. The van der Waals surface area contributed by atoms with Crippen LogP contribution in [-0.4, -0.2) is 21.6 Å². The van der Waals surface area contributed by atoms with Crippen molar-refractivity contribution in [2.75, 3.05) is 5.73 Å².